The van der Waals surface area contributed by atoms with E-state index in [9.17, 15) is 18.0 Å². The van der Waals surface area contributed by atoms with Crippen molar-refractivity contribution in [3.63, 3.8) is 0 Å². The zero-order chi connectivity index (χ0) is 19.4. The van der Waals surface area contributed by atoms with Crippen molar-refractivity contribution in [3.05, 3.63) is 45.6 Å². The average molecular weight is 427 g/mol. The van der Waals surface area contributed by atoms with Gasteiger partial charge >= 0.3 is 0 Å². The minimum Gasteiger partial charge on any atom is -0.326 e. The first-order chi connectivity index (χ1) is 12.9. The summed E-state index contributed by atoms with van der Waals surface area (Å²) in [5.41, 5.74) is 0.395. The number of halogens is 1. The summed E-state index contributed by atoms with van der Waals surface area (Å²) in [6, 6.07) is 9.48. The van der Waals surface area contributed by atoms with E-state index < -0.39 is 10.0 Å². The van der Waals surface area contributed by atoms with E-state index in [0.29, 0.717) is 28.0 Å². The molecule has 144 valence electrons. The van der Waals surface area contributed by atoms with E-state index in [2.05, 4.69) is 5.32 Å². The van der Waals surface area contributed by atoms with Crippen LogP contribution in [0.25, 0.3) is 0 Å². The first-order valence-electron chi connectivity index (χ1n) is 8.55. The number of carbonyl (C=O) groups excluding carboxylic acids is 2. The molecule has 9 heteroatoms. The third kappa shape index (κ3) is 4.95. The smallest absolute Gasteiger partial charge is 0.243 e. The number of nitrogens with zero attached hydrogens (tertiary/aromatic N) is 1. The quantitative estimate of drug-likeness (QED) is 0.682. The monoisotopic (exact) mass is 426 g/mol. The van der Waals surface area contributed by atoms with E-state index >= 15 is 0 Å². The van der Waals surface area contributed by atoms with E-state index in [-0.39, 0.29) is 29.4 Å². The van der Waals surface area contributed by atoms with Gasteiger partial charge in [-0.1, -0.05) is 17.7 Å². The minimum absolute atomic E-state index is 0.0114. The Labute approximate surface area is 167 Å². The lowest BCUT2D eigenvalue weighted by Gasteiger charge is -2.16. The zero-order valence-electron chi connectivity index (χ0n) is 14.5. The standard InChI is InChI=1S/C18H19ClN2O4S2/c19-17-8-7-16(26-17)15(22)6-9-18(23)20-13-4-3-5-14(12-13)27(24,25)21-10-1-2-11-21/h3-5,7-8,12H,1-2,6,9-11H2,(H,20,23). The summed E-state index contributed by atoms with van der Waals surface area (Å²) in [5, 5.41) is 2.66. The van der Waals surface area contributed by atoms with Crippen LogP contribution in [0.15, 0.2) is 41.3 Å². The van der Waals surface area contributed by atoms with Gasteiger partial charge in [-0.05, 0) is 43.2 Å². The Morgan fingerprint density at radius 1 is 1.11 bits per heavy atom. The molecule has 1 N–H and O–H groups in total. The summed E-state index contributed by atoms with van der Waals surface area (Å²) >= 11 is 6.99. The first kappa shape index (κ1) is 20.0. The summed E-state index contributed by atoms with van der Waals surface area (Å²) in [4.78, 5) is 24.8. The molecular formula is C18H19ClN2O4S2. The van der Waals surface area contributed by atoms with E-state index in [1.54, 1.807) is 24.3 Å². The van der Waals surface area contributed by atoms with Gasteiger partial charge in [0.1, 0.15) is 0 Å². The summed E-state index contributed by atoms with van der Waals surface area (Å²) in [5.74, 6) is -0.492. The number of hydrogen-bond donors (Lipinski definition) is 1. The molecular weight excluding hydrogens is 408 g/mol. The maximum absolute atomic E-state index is 12.6. The van der Waals surface area contributed by atoms with Crippen LogP contribution in [0.1, 0.15) is 35.4 Å². The molecule has 3 rings (SSSR count). The van der Waals surface area contributed by atoms with E-state index in [0.717, 1.165) is 12.8 Å². The van der Waals surface area contributed by atoms with E-state index in [1.165, 1.54) is 27.8 Å². The van der Waals surface area contributed by atoms with Crippen molar-refractivity contribution in [3.8, 4) is 0 Å². The normalized spacial score (nSPS) is 15.0. The van der Waals surface area contributed by atoms with Gasteiger partial charge < -0.3 is 5.32 Å². The molecule has 2 aromatic rings. The predicted octanol–water partition coefficient (Wildman–Crippen LogP) is 3.79. The summed E-state index contributed by atoms with van der Waals surface area (Å²) in [6.07, 6.45) is 1.80. The molecule has 0 unspecified atom stereocenters. The Morgan fingerprint density at radius 3 is 2.52 bits per heavy atom. The van der Waals surface area contributed by atoms with Gasteiger partial charge in [0.05, 0.1) is 14.1 Å². The molecule has 6 nitrogen and oxygen atoms in total. The van der Waals surface area contributed by atoms with Crippen LogP contribution in [-0.4, -0.2) is 37.5 Å². The SMILES string of the molecule is O=C(CCC(=O)c1ccc(Cl)s1)Nc1cccc(S(=O)(=O)N2CCCC2)c1. The van der Waals surface area contributed by atoms with Crippen molar-refractivity contribution in [2.24, 2.45) is 0 Å². The molecule has 0 bridgehead atoms. The van der Waals surface area contributed by atoms with Gasteiger partial charge in [-0.25, -0.2) is 8.42 Å². The molecule has 27 heavy (non-hydrogen) atoms. The molecule has 1 amide bonds. The fourth-order valence-electron chi connectivity index (χ4n) is 2.85. The van der Waals surface area contributed by atoms with Crippen LogP contribution < -0.4 is 5.32 Å². The maximum atomic E-state index is 12.6. The highest BCUT2D eigenvalue weighted by Gasteiger charge is 2.27. The third-order valence-electron chi connectivity index (χ3n) is 4.25. The second-order valence-corrected chi connectivity index (χ2v) is 9.87. The fraction of sp³-hybridized carbons (Fsp3) is 0.333. The highest BCUT2D eigenvalue weighted by Crippen LogP contribution is 2.24. The topological polar surface area (TPSA) is 83.5 Å². The number of Topliss-reactive ketones (excluding diaryl/α,β-unsaturated/α-hetero) is 1. The minimum atomic E-state index is -3.54. The zero-order valence-corrected chi connectivity index (χ0v) is 16.9. The van der Waals surface area contributed by atoms with Crippen LogP contribution in [0, 0.1) is 0 Å². The van der Waals surface area contributed by atoms with Crippen molar-refractivity contribution in [2.45, 2.75) is 30.6 Å². The first-order valence-corrected chi connectivity index (χ1v) is 11.2. The molecule has 0 atom stereocenters. The van der Waals surface area contributed by atoms with Gasteiger partial charge in [-0.3, -0.25) is 9.59 Å². The number of amides is 1. The Balaban J connectivity index is 1.60. The Hall–Kier alpha value is -1.74. The fourth-order valence-corrected chi connectivity index (χ4v) is 5.42. The van der Waals surface area contributed by atoms with Crippen LogP contribution >= 0.6 is 22.9 Å². The van der Waals surface area contributed by atoms with Gasteiger partial charge in [0.2, 0.25) is 15.9 Å². The summed E-state index contributed by atoms with van der Waals surface area (Å²) in [7, 11) is -3.54. The number of nitrogens with one attached hydrogen (secondary N) is 1. The molecule has 0 saturated carbocycles. The number of hydrogen-bond acceptors (Lipinski definition) is 5. The average Bonchev–Trinajstić information content (AvgIpc) is 3.32. The van der Waals surface area contributed by atoms with Crippen LogP contribution in [0.2, 0.25) is 4.34 Å². The van der Waals surface area contributed by atoms with Crippen LogP contribution in [0.3, 0.4) is 0 Å². The molecule has 0 radical (unpaired) electrons. The number of anilines is 1. The highest BCUT2D eigenvalue weighted by atomic mass is 35.5. The largest absolute Gasteiger partial charge is 0.326 e. The number of sulfonamides is 1. The number of thiophene rings is 1. The second-order valence-electron chi connectivity index (χ2n) is 6.21. The molecule has 2 heterocycles. The number of rotatable bonds is 7. The number of benzene rings is 1. The van der Waals surface area contributed by atoms with Crippen molar-refractivity contribution >= 4 is 50.3 Å². The molecule has 1 saturated heterocycles. The molecule has 1 aromatic carbocycles. The molecule has 1 aromatic heterocycles. The van der Waals surface area contributed by atoms with Crippen molar-refractivity contribution < 1.29 is 18.0 Å². The van der Waals surface area contributed by atoms with Crippen LogP contribution in [0.4, 0.5) is 5.69 Å². The molecule has 1 fully saturated rings. The third-order valence-corrected chi connectivity index (χ3v) is 7.41. The lowest BCUT2D eigenvalue weighted by Crippen LogP contribution is -2.27. The summed E-state index contributed by atoms with van der Waals surface area (Å²) in [6.45, 7) is 1.04. The highest BCUT2D eigenvalue weighted by molar-refractivity contribution is 7.89. The predicted molar refractivity (Wildman–Crippen MR) is 106 cm³/mol. The number of carbonyl (C=O) groups is 2. The summed E-state index contributed by atoms with van der Waals surface area (Å²) < 4.78 is 27.2. The van der Waals surface area contributed by atoms with Crippen LogP contribution in [-0.2, 0) is 14.8 Å². The van der Waals surface area contributed by atoms with Crippen LogP contribution in [0.5, 0.6) is 0 Å². The Kier molecular flexibility index (Phi) is 6.31. The molecule has 1 aliphatic heterocycles. The van der Waals surface area contributed by atoms with Gasteiger partial charge in [-0.2, -0.15) is 4.31 Å². The van der Waals surface area contributed by atoms with E-state index in [1.807, 2.05) is 0 Å². The molecule has 0 aliphatic carbocycles. The van der Waals surface area contributed by atoms with Gasteiger partial charge in [0.25, 0.3) is 0 Å². The van der Waals surface area contributed by atoms with Gasteiger partial charge in [-0.15, -0.1) is 11.3 Å². The maximum Gasteiger partial charge on any atom is 0.243 e. The lowest BCUT2D eigenvalue weighted by atomic mass is 10.2. The van der Waals surface area contributed by atoms with Gasteiger partial charge in [0, 0.05) is 31.6 Å². The number of ketones is 1. The van der Waals surface area contributed by atoms with E-state index in [4.69, 9.17) is 11.6 Å². The Morgan fingerprint density at radius 2 is 1.85 bits per heavy atom. The van der Waals surface area contributed by atoms with Crippen molar-refractivity contribution in [1.29, 1.82) is 0 Å². The van der Waals surface area contributed by atoms with Crippen molar-refractivity contribution in [2.75, 3.05) is 18.4 Å². The van der Waals surface area contributed by atoms with Crippen molar-refractivity contribution in [1.82, 2.24) is 4.31 Å². The Bertz CT molecular complexity index is 950. The van der Waals surface area contributed by atoms with Gasteiger partial charge in [0.15, 0.2) is 5.78 Å². The lowest BCUT2D eigenvalue weighted by molar-refractivity contribution is -0.116. The molecule has 1 aliphatic rings. The second kappa shape index (κ2) is 8.52. The molecule has 0 spiro atoms.